The zero-order chi connectivity index (χ0) is 12.6. The molecule has 0 saturated carbocycles. The Bertz CT molecular complexity index is 375. The average molecular weight is 265 g/mol. The van der Waals surface area contributed by atoms with Crippen molar-refractivity contribution in [2.75, 3.05) is 19.6 Å². The van der Waals surface area contributed by atoms with Crippen molar-refractivity contribution in [3.63, 3.8) is 0 Å². The van der Waals surface area contributed by atoms with Gasteiger partial charge in [-0.1, -0.05) is 42.0 Å². The minimum absolute atomic E-state index is 0.120. The van der Waals surface area contributed by atoms with Crippen LogP contribution in [0.3, 0.4) is 0 Å². The molecule has 2 rings (SSSR count). The molecule has 0 aromatic heterocycles. The van der Waals surface area contributed by atoms with Crippen LogP contribution in [0.25, 0.3) is 0 Å². The highest BCUT2D eigenvalue weighted by Crippen LogP contribution is 2.16. The first-order chi connectivity index (χ1) is 8.84. The number of hydrogen-bond acceptors (Lipinski definition) is 2. The van der Waals surface area contributed by atoms with Gasteiger partial charge in [-0.15, -0.1) is 11.6 Å². The van der Waals surface area contributed by atoms with Crippen LogP contribution in [0.4, 0.5) is 0 Å². The molecule has 1 saturated heterocycles. The van der Waals surface area contributed by atoms with Gasteiger partial charge in [-0.2, -0.15) is 0 Å². The highest BCUT2D eigenvalue weighted by Gasteiger charge is 2.12. The first-order valence-corrected chi connectivity index (χ1v) is 7.08. The minimum Gasteiger partial charge on any atom is -0.313 e. The lowest BCUT2D eigenvalue weighted by molar-refractivity contribution is 0.565. The van der Waals surface area contributed by atoms with Crippen molar-refractivity contribution in [2.45, 2.75) is 24.8 Å². The first-order valence-electron chi connectivity index (χ1n) is 6.64. The summed E-state index contributed by atoms with van der Waals surface area (Å²) in [5.74, 6) is 0. The van der Waals surface area contributed by atoms with Crippen LogP contribution in [-0.2, 0) is 6.42 Å². The largest absolute Gasteiger partial charge is 0.313 e. The van der Waals surface area contributed by atoms with Gasteiger partial charge in [0.1, 0.15) is 0 Å². The maximum Gasteiger partial charge on any atom is 0.0863 e. The van der Waals surface area contributed by atoms with Crippen LogP contribution >= 0.6 is 11.6 Å². The second kappa shape index (κ2) is 7.57. The molecule has 18 heavy (non-hydrogen) atoms. The summed E-state index contributed by atoms with van der Waals surface area (Å²) in [4.78, 5) is 0. The van der Waals surface area contributed by atoms with Crippen molar-refractivity contribution in [1.29, 1.82) is 0 Å². The van der Waals surface area contributed by atoms with E-state index in [1.807, 2.05) is 0 Å². The smallest absolute Gasteiger partial charge is 0.0863 e. The van der Waals surface area contributed by atoms with E-state index in [9.17, 15) is 0 Å². The highest BCUT2D eigenvalue weighted by molar-refractivity contribution is 6.20. The summed E-state index contributed by atoms with van der Waals surface area (Å²) in [7, 11) is 0. The van der Waals surface area contributed by atoms with Gasteiger partial charge < -0.3 is 10.6 Å². The molecule has 0 radical (unpaired) electrons. The molecule has 1 aliphatic rings. The minimum atomic E-state index is 0.120. The Morgan fingerprint density at radius 2 is 2.17 bits per heavy atom. The summed E-state index contributed by atoms with van der Waals surface area (Å²) >= 11 is 6.06. The van der Waals surface area contributed by atoms with E-state index in [2.05, 4.69) is 47.0 Å². The van der Waals surface area contributed by atoms with Gasteiger partial charge >= 0.3 is 0 Å². The second-order valence-electron chi connectivity index (χ2n) is 4.68. The number of halogens is 1. The Labute approximate surface area is 114 Å². The molecule has 2 nitrogen and oxygen atoms in total. The third-order valence-electron chi connectivity index (χ3n) is 3.22. The summed E-state index contributed by atoms with van der Waals surface area (Å²) in [6.45, 7) is 2.98. The van der Waals surface area contributed by atoms with Gasteiger partial charge in [0, 0.05) is 13.1 Å². The molecule has 1 heterocycles. The summed E-state index contributed by atoms with van der Waals surface area (Å²) in [5, 5.41) is 6.70. The summed E-state index contributed by atoms with van der Waals surface area (Å²) in [5.41, 5.74) is 2.98. The Morgan fingerprint density at radius 3 is 2.94 bits per heavy atom. The monoisotopic (exact) mass is 264 g/mol. The fourth-order valence-electron chi connectivity index (χ4n) is 2.18. The van der Waals surface area contributed by atoms with E-state index in [4.69, 9.17) is 11.6 Å². The highest BCUT2D eigenvalue weighted by atomic mass is 35.5. The SMILES string of the molecule is ClC1CC(=CCNCCc2ccccc2)CCN1. The van der Waals surface area contributed by atoms with Crippen LogP contribution in [0.15, 0.2) is 42.0 Å². The number of piperidine rings is 1. The maximum absolute atomic E-state index is 6.06. The zero-order valence-electron chi connectivity index (χ0n) is 10.7. The van der Waals surface area contributed by atoms with Gasteiger partial charge in [0.15, 0.2) is 0 Å². The number of benzene rings is 1. The van der Waals surface area contributed by atoms with Crippen molar-refractivity contribution in [3.8, 4) is 0 Å². The third-order valence-corrected chi connectivity index (χ3v) is 3.53. The molecule has 1 aromatic carbocycles. The number of hydrogen-bond donors (Lipinski definition) is 2. The van der Waals surface area contributed by atoms with Crippen molar-refractivity contribution < 1.29 is 0 Å². The molecule has 0 spiro atoms. The first kappa shape index (κ1) is 13.6. The third kappa shape index (κ3) is 4.81. The second-order valence-corrected chi connectivity index (χ2v) is 5.20. The lowest BCUT2D eigenvalue weighted by atomic mass is 10.1. The van der Waals surface area contributed by atoms with E-state index in [1.54, 1.807) is 0 Å². The van der Waals surface area contributed by atoms with Gasteiger partial charge in [0.2, 0.25) is 0 Å². The Hall–Kier alpha value is -0.830. The molecule has 98 valence electrons. The van der Waals surface area contributed by atoms with E-state index < -0.39 is 0 Å². The van der Waals surface area contributed by atoms with Crippen LogP contribution in [0.5, 0.6) is 0 Å². The Balaban J connectivity index is 1.62. The van der Waals surface area contributed by atoms with Crippen molar-refractivity contribution in [1.82, 2.24) is 10.6 Å². The van der Waals surface area contributed by atoms with E-state index in [-0.39, 0.29) is 5.50 Å². The van der Waals surface area contributed by atoms with Gasteiger partial charge in [-0.25, -0.2) is 0 Å². The van der Waals surface area contributed by atoms with E-state index >= 15 is 0 Å². The molecule has 1 aromatic rings. The molecule has 0 amide bonds. The predicted molar refractivity (Wildman–Crippen MR) is 78.0 cm³/mol. The van der Waals surface area contributed by atoms with E-state index in [0.717, 1.165) is 38.9 Å². The molecule has 0 aliphatic carbocycles. The Morgan fingerprint density at radius 1 is 1.33 bits per heavy atom. The molecule has 1 aliphatic heterocycles. The fraction of sp³-hybridized carbons (Fsp3) is 0.467. The van der Waals surface area contributed by atoms with Crippen LogP contribution in [0.2, 0.25) is 0 Å². The molecule has 1 atom stereocenters. The molecular weight excluding hydrogens is 244 g/mol. The summed E-state index contributed by atoms with van der Waals surface area (Å²) in [6.07, 6.45) is 5.48. The molecular formula is C15H21ClN2. The van der Waals surface area contributed by atoms with Gasteiger partial charge in [0.05, 0.1) is 5.50 Å². The maximum atomic E-state index is 6.06. The molecule has 0 bridgehead atoms. The van der Waals surface area contributed by atoms with E-state index in [1.165, 1.54) is 11.1 Å². The molecule has 1 fully saturated rings. The quantitative estimate of drug-likeness (QED) is 0.370. The molecule has 2 N–H and O–H groups in total. The number of rotatable bonds is 5. The predicted octanol–water partition coefficient (Wildman–Crippen LogP) is 2.69. The van der Waals surface area contributed by atoms with Crippen LogP contribution < -0.4 is 10.6 Å². The Kier molecular flexibility index (Phi) is 5.72. The van der Waals surface area contributed by atoms with Crippen molar-refractivity contribution in [3.05, 3.63) is 47.5 Å². The normalized spacial score (nSPS) is 22.3. The van der Waals surface area contributed by atoms with Gasteiger partial charge in [-0.3, -0.25) is 0 Å². The average Bonchev–Trinajstić information content (AvgIpc) is 2.40. The lowest BCUT2D eigenvalue weighted by Gasteiger charge is -2.20. The topological polar surface area (TPSA) is 24.1 Å². The number of nitrogens with one attached hydrogen (secondary N) is 2. The van der Waals surface area contributed by atoms with Crippen LogP contribution in [0.1, 0.15) is 18.4 Å². The molecule has 3 heteroatoms. The summed E-state index contributed by atoms with van der Waals surface area (Å²) < 4.78 is 0. The standard InChI is InChI=1S/C15H21ClN2/c16-15-12-14(8-11-18-15)7-10-17-9-6-13-4-2-1-3-5-13/h1-5,7,15,17-18H,6,8-12H2. The van der Waals surface area contributed by atoms with Crippen molar-refractivity contribution in [2.24, 2.45) is 0 Å². The lowest BCUT2D eigenvalue weighted by Crippen LogP contribution is -2.30. The van der Waals surface area contributed by atoms with Crippen LogP contribution in [-0.4, -0.2) is 25.1 Å². The molecule has 1 unspecified atom stereocenters. The zero-order valence-corrected chi connectivity index (χ0v) is 11.4. The van der Waals surface area contributed by atoms with Crippen LogP contribution in [0, 0.1) is 0 Å². The van der Waals surface area contributed by atoms with E-state index in [0.29, 0.717) is 0 Å². The summed E-state index contributed by atoms with van der Waals surface area (Å²) in [6, 6.07) is 10.6. The number of alkyl halides is 1. The van der Waals surface area contributed by atoms with Crippen molar-refractivity contribution >= 4 is 11.6 Å². The fourth-order valence-corrected chi connectivity index (χ4v) is 2.48. The van der Waals surface area contributed by atoms with Gasteiger partial charge in [0.25, 0.3) is 0 Å². The van der Waals surface area contributed by atoms with Gasteiger partial charge in [-0.05, 0) is 31.4 Å².